The van der Waals surface area contributed by atoms with Gasteiger partial charge in [0.15, 0.2) is 11.5 Å². The monoisotopic (exact) mass is 596 g/mol. The number of para-hydroxylation sites is 2. The van der Waals surface area contributed by atoms with Crippen molar-refractivity contribution >= 4 is 44.7 Å². The van der Waals surface area contributed by atoms with Gasteiger partial charge in [-0.05, 0) is 43.7 Å². The lowest BCUT2D eigenvalue weighted by molar-refractivity contribution is -0.386. The molecule has 0 saturated carbocycles. The number of fused-ring (bicyclic) bond motifs is 1. The molecule has 0 radical (unpaired) electrons. The van der Waals surface area contributed by atoms with Crippen molar-refractivity contribution in [2.24, 2.45) is 5.73 Å². The highest BCUT2D eigenvalue weighted by atomic mass is 32.1. The summed E-state index contributed by atoms with van der Waals surface area (Å²) >= 11 is 0.776. The SMILES string of the molecule is CCn1ncc(-c2cc(C(F)F)nc3sc(C(N)=O)c(NC(=O)c4ccc(COc5ccccc5[N+](=O)[O-])o4)c23)c1C. The van der Waals surface area contributed by atoms with Gasteiger partial charge < -0.3 is 20.2 Å². The van der Waals surface area contributed by atoms with Crippen LogP contribution in [0.25, 0.3) is 21.3 Å². The number of nitro groups is 1. The molecule has 42 heavy (non-hydrogen) atoms. The number of nitrogens with two attached hydrogens (primary N) is 1. The van der Waals surface area contributed by atoms with Crippen LogP contribution in [0.3, 0.4) is 0 Å². The Balaban J connectivity index is 1.50. The molecule has 0 aliphatic carbocycles. The van der Waals surface area contributed by atoms with Crippen molar-refractivity contribution in [3.8, 4) is 16.9 Å². The van der Waals surface area contributed by atoms with Gasteiger partial charge in [0.05, 0.1) is 16.8 Å². The number of furan rings is 1. The average molecular weight is 597 g/mol. The number of pyridine rings is 1. The fourth-order valence-electron chi connectivity index (χ4n) is 4.40. The predicted octanol–water partition coefficient (Wildman–Crippen LogP) is 5.86. The molecule has 0 fully saturated rings. The first-order valence-corrected chi connectivity index (χ1v) is 13.2. The number of benzene rings is 1. The number of aromatic nitrogens is 3. The number of aryl methyl sites for hydroxylation is 1. The Hall–Kier alpha value is -5.18. The quantitative estimate of drug-likeness (QED) is 0.149. The largest absolute Gasteiger partial charge is 0.479 e. The van der Waals surface area contributed by atoms with Gasteiger partial charge in [-0.3, -0.25) is 24.4 Å². The van der Waals surface area contributed by atoms with Crippen LogP contribution < -0.4 is 15.8 Å². The van der Waals surface area contributed by atoms with E-state index >= 15 is 0 Å². The number of thiophene rings is 1. The second-order valence-corrected chi connectivity index (χ2v) is 9.94. The molecule has 3 N–H and O–H groups in total. The summed E-state index contributed by atoms with van der Waals surface area (Å²) in [6.45, 7) is 3.97. The van der Waals surface area contributed by atoms with Crippen molar-refractivity contribution in [2.75, 3.05) is 5.32 Å². The first kappa shape index (κ1) is 28.4. The number of nitrogens with one attached hydrogen (secondary N) is 1. The summed E-state index contributed by atoms with van der Waals surface area (Å²) < 4.78 is 40.4. The number of nitro benzene ring substituents is 1. The molecule has 0 aliphatic rings. The van der Waals surface area contributed by atoms with Gasteiger partial charge in [-0.2, -0.15) is 5.10 Å². The Morgan fingerprint density at radius 3 is 2.67 bits per heavy atom. The smallest absolute Gasteiger partial charge is 0.310 e. The number of ether oxygens (including phenoxy) is 1. The molecular formula is C27H22F2N6O6S. The maximum absolute atomic E-state index is 13.8. The van der Waals surface area contributed by atoms with Gasteiger partial charge >= 0.3 is 5.69 Å². The number of halogens is 2. The molecule has 4 aromatic heterocycles. The molecule has 5 aromatic rings. The van der Waals surface area contributed by atoms with E-state index in [0.717, 1.165) is 11.3 Å². The minimum atomic E-state index is -2.90. The lowest BCUT2D eigenvalue weighted by atomic mass is 10.0. The molecule has 0 aliphatic heterocycles. The van der Waals surface area contributed by atoms with Crippen LogP contribution in [0, 0.1) is 17.0 Å². The van der Waals surface area contributed by atoms with E-state index in [2.05, 4.69) is 15.4 Å². The zero-order chi connectivity index (χ0) is 30.1. The summed E-state index contributed by atoms with van der Waals surface area (Å²) in [7, 11) is 0. The standard InChI is InChI=1S/C27H22F2N6O6S/c1-3-34-13(2)16(11-31-34)15-10-17(24(28)29)32-27-21(15)22(23(42-27)25(30)36)33-26(37)20-9-8-14(41-20)12-40-19-7-5-4-6-18(19)35(38)39/h4-11,24H,3,12H2,1-2H3,(H2,30,36)(H,33,37). The Morgan fingerprint density at radius 2 is 2.00 bits per heavy atom. The highest BCUT2D eigenvalue weighted by Gasteiger charge is 2.27. The van der Waals surface area contributed by atoms with E-state index in [1.807, 2.05) is 6.92 Å². The number of amides is 2. The minimum absolute atomic E-state index is 0.00595. The van der Waals surface area contributed by atoms with Gasteiger partial charge in [0.25, 0.3) is 18.2 Å². The lowest BCUT2D eigenvalue weighted by Gasteiger charge is -2.10. The third-order valence-corrected chi connectivity index (χ3v) is 7.48. The van der Waals surface area contributed by atoms with Gasteiger partial charge in [0.1, 0.15) is 27.8 Å². The molecule has 2 amide bonds. The van der Waals surface area contributed by atoms with Crippen molar-refractivity contribution < 1.29 is 32.4 Å². The van der Waals surface area contributed by atoms with Crippen LogP contribution in [0.1, 0.15) is 50.7 Å². The first-order valence-electron chi connectivity index (χ1n) is 12.4. The normalized spacial score (nSPS) is 11.3. The van der Waals surface area contributed by atoms with Crippen LogP contribution in [0.2, 0.25) is 0 Å². The molecule has 0 spiro atoms. The van der Waals surface area contributed by atoms with Gasteiger partial charge in [-0.25, -0.2) is 13.8 Å². The molecule has 4 heterocycles. The fraction of sp³-hybridized carbons (Fsp3) is 0.185. The highest BCUT2D eigenvalue weighted by Crippen LogP contribution is 2.43. The van der Waals surface area contributed by atoms with Gasteiger partial charge in [-0.1, -0.05) is 12.1 Å². The van der Waals surface area contributed by atoms with Crippen molar-refractivity contribution in [3.63, 3.8) is 0 Å². The van der Waals surface area contributed by atoms with Crippen LogP contribution >= 0.6 is 11.3 Å². The molecule has 216 valence electrons. The highest BCUT2D eigenvalue weighted by molar-refractivity contribution is 7.21. The van der Waals surface area contributed by atoms with E-state index in [9.17, 15) is 28.5 Å². The topological polar surface area (TPSA) is 168 Å². The average Bonchev–Trinajstić information content (AvgIpc) is 3.68. The van der Waals surface area contributed by atoms with E-state index in [0.29, 0.717) is 23.4 Å². The van der Waals surface area contributed by atoms with Gasteiger partial charge in [-0.15, -0.1) is 11.3 Å². The van der Waals surface area contributed by atoms with Gasteiger partial charge in [0, 0.05) is 29.3 Å². The maximum Gasteiger partial charge on any atom is 0.310 e. The Kier molecular flexibility index (Phi) is 7.67. The molecule has 12 nitrogen and oxygen atoms in total. The number of hydrogen-bond donors (Lipinski definition) is 2. The predicted molar refractivity (Wildman–Crippen MR) is 149 cm³/mol. The van der Waals surface area contributed by atoms with Crippen LogP contribution in [-0.2, 0) is 13.2 Å². The molecule has 1 aromatic carbocycles. The van der Waals surface area contributed by atoms with E-state index < -0.39 is 28.9 Å². The van der Waals surface area contributed by atoms with Crippen LogP contribution in [-0.4, -0.2) is 31.5 Å². The second-order valence-electron chi connectivity index (χ2n) is 8.94. The third kappa shape index (κ3) is 5.28. The van der Waals surface area contributed by atoms with E-state index in [1.165, 1.54) is 42.6 Å². The summed E-state index contributed by atoms with van der Waals surface area (Å²) in [6, 6.07) is 9.81. The molecule has 0 unspecified atom stereocenters. The number of primary amides is 1. The summed E-state index contributed by atoms with van der Waals surface area (Å²) in [4.78, 5) is 40.3. The minimum Gasteiger partial charge on any atom is -0.479 e. The van der Waals surface area contributed by atoms with Crippen molar-refractivity contribution in [1.82, 2.24) is 14.8 Å². The fourth-order valence-corrected chi connectivity index (χ4v) is 5.41. The Labute approximate surface area is 239 Å². The second kappa shape index (κ2) is 11.4. The van der Waals surface area contributed by atoms with Crippen molar-refractivity contribution in [2.45, 2.75) is 33.4 Å². The summed E-state index contributed by atoms with van der Waals surface area (Å²) in [5.41, 5.74) is 6.36. The summed E-state index contributed by atoms with van der Waals surface area (Å²) in [6.07, 6.45) is -1.38. The number of carbonyl (C=O) groups is 2. The number of rotatable bonds is 10. The molecule has 15 heteroatoms. The van der Waals surface area contributed by atoms with Crippen LogP contribution in [0.5, 0.6) is 5.75 Å². The number of nitrogens with zero attached hydrogens (tertiary/aromatic N) is 4. The number of anilines is 1. The molecule has 0 atom stereocenters. The molecule has 0 saturated heterocycles. The zero-order valence-electron chi connectivity index (χ0n) is 22.1. The number of alkyl halides is 2. The van der Waals surface area contributed by atoms with Gasteiger partial charge in [0.2, 0.25) is 0 Å². The number of hydrogen-bond acceptors (Lipinski definition) is 9. The van der Waals surface area contributed by atoms with E-state index in [-0.39, 0.29) is 50.3 Å². The van der Waals surface area contributed by atoms with Crippen molar-refractivity contribution in [3.05, 3.63) is 86.6 Å². The summed E-state index contributed by atoms with van der Waals surface area (Å²) in [5, 5.41) is 18.4. The van der Waals surface area contributed by atoms with E-state index in [4.69, 9.17) is 14.9 Å². The molecule has 5 rings (SSSR count). The molecular weight excluding hydrogens is 574 g/mol. The van der Waals surface area contributed by atoms with Crippen molar-refractivity contribution in [1.29, 1.82) is 0 Å². The molecule has 0 bridgehead atoms. The maximum atomic E-state index is 13.8. The summed E-state index contributed by atoms with van der Waals surface area (Å²) in [5.74, 6) is -1.61. The third-order valence-electron chi connectivity index (χ3n) is 6.38. The lowest BCUT2D eigenvalue weighted by Crippen LogP contribution is -2.16. The van der Waals surface area contributed by atoms with Crippen LogP contribution in [0.15, 0.2) is 53.1 Å². The van der Waals surface area contributed by atoms with E-state index in [1.54, 1.807) is 17.7 Å². The zero-order valence-corrected chi connectivity index (χ0v) is 22.9. The van der Waals surface area contributed by atoms with Crippen LogP contribution in [0.4, 0.5) is 20.2 Å². The Morgan fingerprint density at radius 1 is 1.24 bits per heavy atom. The number of carbonyl (C=O) groups excluding carboxylic acids is 2. The first-order chi connectivity index (χ1) is 20.1. The Bertz CT molecular complexity index is 1850.